The number of aliphatic hydroxyl groups is 1. The van der Waals surface area contributed by atoms with E-state index in [1.807, 2.05) is 32.4 Å². The molecule has 1 aromatic rings. The van der Waals surface area contributed by atoms with E-state index in [9.17, 15) is 5.11 Å². The Bertz CT molecular complexity index is 349. The van der Waals surface area contributed by atoms with E-state index in [0.29, 0.717) is 12.3 Å². The van der Waals surface area contributed by atoms with Crippen LogP contribution in [0.25, 0.3) is 0 Å². The van der Waals surface area contributed by atoms with Crippen LogP contribution in [0.3, 0.4) is 0 Å². The molecule has 92 valence electrons. The van der Waals surface area contributed by atoms with Crippen LogP contribution in [0.2, 0.25) is 0 Å². The van der Waals surface area contributed by atoms with Crippen molar-refractivity contribution in [2.24, 2.45) is 18.7 Å². The monoisotopic (exact) mass is 244 g/mol. The van der Waals surface area contributed by atoms with Gasteiger partial charge in [-0.05, 0) is 12.8 Å². The van der Waals surface area contributed by atoms with Gasteiger partial charge in [0.2, 0.25) is 0 Å². The predicted octanol–water partition coefficient (Wildman–Crippen LogP) is 0.773. The topological polar surface area (TPSA) is 77.0 Å². The average molecular weight is 244 g/mol. The summed E-state index contributed by atoms with van der Waals surface area (Å²) in [5.41, 5.74) is 4.82. The average Bonchev–Trinajstić information content (AvgIpc) is 2.56. The van der Waals surface area contributed by atoms with Crippen molar-refractivity contribution in [2.75, 3.05) is 5.75 Å². The molecule has 1 unspecified atom stereocenters. The molecule has 0 saturated carbocycles. The largest absolute Gasteiger partial charge is 0.389 e. The molecule has 0 aliphatic heterocycles. The highest BCUT2D eigenvalue weighted by atomic mass is 32.2. The number of hydrogen-bond acceptors (Lipinski definition) is 5. The molecule has 0 aromatic carbocycles. The first-order valence-corrected chi connectivity index (χ1v) is 6.30. The fraction of sp³-hybridized carbons (Fsp3) is 0.800. The molecule has 5 nitrogen and oxygen atoms in total. The summed E-state index contributed by atoms with van der Waals surface area (Å²) in [5, 5.41) is 18.9. The van der Waals surface area contributed by atoms with Crippen molar-refractivity contribution < 1.29 is 5.11 Å². The predicted molar refractivity (Wildman–Crippen MR) is 65.1 cm³/mol. The van der Waals surface area contributed by atoms with E-state index in [2.05, 4.69) is 10.2 Å². The van der Waals surface area contributed by atoms with Gasteiger partial charge in [-0.25, -0.2) is 0 Å². The highest BCUT2D eigenvalue weighted by Crippen LogP contribution is 2.25. The van der Waals surface area contributed by atoms with Gasteiger partial charge in [0.25, 0.3) is 0 Å². The van der Waals surface area contributed by atoms with Crippen LogP contribution in [0, 0.1) is 5.92 Å². The molecule has 1 aromatic heterocycles. The summed E-state index contributed by atoms with van der Waals surface area (Å²) in [6.07, 6.45) is 0. The van der Waals surface area contributed by atoms with Gasteiger partial charge in [0.15, 0.2) is 5.16 Å². The zero-order chi connectivity index (χ0) is 12.3. The molecule has 3 N–H and O–H groups in total. The van der Waals surface area contributed by atoms with Crippen molar-refractivity contribution >= 4 is 11.8 Å². The smallest absolute Gasteiger partial charge is 0.191 e. The fourth-order valence-electron chi connectivity index (χ4n) is 1.03. The van der Waals surface area contributed by atoms with Gasteiger partial charge >= 0.3 is 0 Å². The molecule has 0 saturated heterocycles. The van der Waals surface area contributed by atoms with Crippen molar-refractivity contribution in [1.29, 1.82) is 0 Å². The number of thioether (sulfide) groups is 1. The van der Waals surface area contributed by atoms with E-state index in [4.69, 9.17) is 5.73 Å². The molecular formula is C10H20N4OS. The Morgan fingerprint density at radius 2 is 2.12 bits per heavy atom. The number of nitrogens with zero attached hydrogens (tertiary/aromatic N) is 3. The number of rotatable bonds is 5. The fourth-order valence-corrected chi connectivity index (χ4v) is 2.18. The Kier molecular flexibility index (Phi) is 4.35. The molecule has 0 fully saturated rings. The maximum Gasteiger partial charge on any atom is 0.191 e. The molecule has 6 heteroatoms. The Labute approximate surface area is 100 Å². The molecule has 0 aliphatic carbocycles. The lowest BCUT2D eigenvalue weighted by Gasteiger charge is -2.26. The maximum atomic E-state index is 10.1. The third-order valence-corrected chi connectivity index (χ3v) is 4.19. The maximum absolute atomic E-state index is 10.1. The van der Waals surface area contributed by atoms with Crippen LogP contribution < -0.4 is 5.73 Å². The van der Waals surface area contributed by atoms with Crippen LogP contribution in [0.4, 0.5) is 0 Å². The standard InChI is InChI=1S/C10H20N4OS/c1-7(2)10(3,15)6-16-9-13-12-8(5-11)14(9)4/h7,15H,5-6,11H2,1-4H3. The van der Waals surface area contributed by atoms with E-state index in [1.165, 1.54) is 11.8 Å². The van der Waals surface area contributed by atoms with Crippen molar-refractivity contribution in [3.05, 3.63) is 5.82 Å². The van der Waals surface area contributed by atoms with E-state index in [-0.39, 0.29) is 5.92 Å². The molecule has 0 bridgehead atoms. The SMILES string of the molecule is CC(C)C(C)(O)CSc1nnc(CN)n1C. The zero-order valence-corrected chi connectivity index (χ0v) is 11.1. The second-order valence-electron chi connectivity index (χ2n) is 4.46. The van der Waals surface area contributed by atoms with Crippen molar-refractivity contribution in [1.82, 2.24) is 14.8 Å². The normalized spacial score (nSPS) is 15.4. The summed E-state index contributed by atoms with van der Waals surface area (Å²) in [6, 6.07) is 0. The number of nitrogens with two attached hydrogens (primary N) is 1. The Morgan fingerprint density at radius 3 is 2.56 bits per heavy atom. The molecule has 0 spiro atoms. The molecular weight excluding hydrogens is 224 g/mol. The zero-order valence-electron chi connectivity index (χ0n) is 10.3. The molecule has 1 atom stereocenters. The third kappa shape index (κ3) is 2.96. The molecule has 1 rings (SSSR count). The van der Waals surface area contributed by atoms with Crippen LogP contribution >= 0.6 is 11.8 Å². The molecule has 16 heavy (non-hydrogen) atoms. The quantitative estimate of drug-likeness (QED) is 0.748. The molecule has 0 radical (unpaired) electrons. The molecule has 0 amide bonds. The van der Waals surface area contributed by atoms with Crippen LogP contribution in [-0.2, 0) is 13.6 Å². The van der Waals surface area contributed by atoms with Gasteiger partial charge in [0.1, 0.15) is 5.82 Å². The Balaban J connectivity index is 2.65. The minimum atomic E-state index is -0.695. The summed E-state index contributed by atoms with van der Waals surface area (Å²) in [7, 11) is 1.88. The second kappa shape index (κ2) is 5.16. The first kappa shape index (κ1) is 13.5. The van der Waals surface area contributed by atoms with Crippen LogP contribution in [-0.4, -0.2) is 31.2 Å². The van der Waals surface area contributed by atoms with Gasteiger partial charge < -0.3 is 15.4 Å². The van der Waals surface area contributed by atoms with Gasteiger partial charge in [0.05, 0.1) is 12.1 Å². The number of aromatic nitrogens is 3. The van der Waals surface area contributed by atoms with Gasteiger partial charge in [-0.3, -0.25) is 0 Å². The lowest BCUT2D eigenvalue weighted by Crippen LogP contribution is -2.33. The van der Waals surface area contributed by atoms with Crippen molar-refractivity contribution in [3.8, 4) is 0 Å². The lowest BCUT2D eigenvalue weighted by atomic mass is 9.95. The lowest BCUT2D eigenvalue weighted by molar-refractivity contribution is 0.0376. The summed E-state index contributed by atoms with van der Waals surface area (Å²) in [6.45, 7) is 6.22. The summed E-state index contributed by atoms with van der Waals surface area (Å²) < 4.78 is 1.86. The second-order valence-corrected chi connectivity index (χ2v) is 5.40. The van der Waals surface area contributed by atoms with E-state index in [1.54, 1.807) is 0 Å². The number of hydrogen-bond donors (Lipinski definition) is 2. The Morgan fingerprint density at radius 1 is 1.50 bits per heavy atom. The first-order chi connectivity index (χ1) is 7.38. The highest BCUT2D eigenvalue weighted by molar-refractivity contribution is 7.99. The minimum absolute atomic E-state index is 0.210. The van der Waals surface area contributed by atoms with Gasteiger partial charge in [-0.15, -0.1) is 10.2 Å². The van der Waals surface area contributed by atoms with Gasteiger partial charge in [-0.1, -0.05) is 25.6 Å². The van der Waals surface area contributed by atoms with Crippen LogP contribution in [0.5, 0.6) is 0 Å². The van der Waals surface area contributed by atoms with Crippen LogP contribution in [0.15, 0.2) is 5.16 Å². The summed E-state index contributed by atoms with van der Waals surface area (Å²) in [4.78, 5) is 0. The van der Waals surface area contributed by atoms with Gasteiger partial charge in [0, 0.05) is 12.8 Å². The highest BCUT2D eigenvalue weighted by Gasteiger charge is 2.25. The van der Waals surface area contributed by atoms with E-state index < -0.39 is 5.60 Å². The van der Waals surface area contributed by atoms with Crippen LogP contribution in [0.1, 0.15) is 26.6 Å². The summed E-state index contributed by atoms with van der Waals surface area (Å²) in [5.74, 6) is 1.56. The molecule has 0 aliphatic rings. The third-order valence-electron chi connectivity index (χ3n) is 2.84. The van der Waals surface area contributed by atoms with Gasteiger partial charge in [-0.2, -0.15) is 0 Å². The van der Waals surface area contributed by atoms with Crippen molar-refractivity contribution in [3.63, 3.8) is 0 Å². The molecule has 1 heterocycles. The Hall–Kier alpha value is -0.590. The summed E-state index contributed by atoms with van der Waals surface area (Å²) >= 11 is 1.50. The minimum Gasteiger partial charge on any atom is -0.389 e. The van der Waals surface area contributed by atoms with E-state index in [0.717, 1.165) is 11.0 Å². The first-order valence-electron chi connectivity index (χ1n) is 5.32. The van der Waals surface area contributed by atoms with Crippen molar-refractivity contribution in [2.45, 2.75) is 38.1 Å². The van der Waals surface area contributed by atoms with E-state index >= 15 is 0 Å².